The van der Waals surface area contributed by atoms with E-state index >= 15 is 0 Å². The van der Waals surface area contributed by atoms with Crippen molar-refractivity contribution in [3.05, 3.63) is 94.8 Å². The van der Waals surface area contributed by atoms with Gasteiger partial charge in [-0.1, -0.05) is 81.4 Å². The molecule has 0 N–H and O–H groups in total. The summed E-state index contributed by atoms with van der Waals surface area (Å²) in [7, 11) is -2.89. The highest BCUT2D eigenvalue weighted by molar-refractivity contribution is 7.00. The molecule has 6 heteroatoms. The molecule has 0 fully saturated rings. The summed E-state index contributed by atoms with van der Waals surface area (Å²) in [6, 6.07) is 23.6. The van der Waals surface area contributed by atoms with Crippen LogP contribution in [0.5, 0.6) is 5.75 Å². The zero-order valence-corrected chi connectivity index (χ0v) is 17.1. The second kappa shape index (κ2) is 7.56. The fourth-order valence-electron chi connectivity index (χ4n) is 3.53. The predicted octanol–water partition coefficient (Wildman–Crippen LogP) is 4.67. The van der Waals surface area contributed by atoms with Crippen LogP contribution in [0.25, 0.3) is 0 Å². The van der Waals surface area contributed by atoms with Crippen LogP contribution in [-0.2, 0) is 0 Å². The molecule has 0 aliphatic carbocycles. The van der Waals surface area contributed by atoms with Crippen molar-refractivity contribution < 1.29 is 13.7 Å². The minimum absolute atomic E-state index is 0.284. The van der Waals surface area contributed by atoms with Crippen LogP contribution in [-0.4, -0.2) is 13.2 Å². The maximum atomic E-state index is 14.3. The SMILES string of the molecule is CC(C)(C)[Si](Oc1ccc([N+](=O)[O-])c(F)c1)(c1ccccc1)c1ccccc1. The van der Waals surface area contributed by atoms with E-state index in [1.165, 1.54) is 6.07 Å². The molecule has 0 saturated heterocycles. The van der Waals surface area contributed by atoms with Crippen molar-refractivity contribution >= 4 is 24.4 Å². The van der Waals surface area contributed by atoms with Gasteiger partial charge in [-0.15, -0.1) is 0 Å². The molecule has 3 rings (SSSR count). The van der Waals surface area contributed by atoms with Gasteiger partial charge >= 0.3 is 14.0 Å². The fraction of sp³-hybridized carbons (Fsp3) is 0.182. The van der Waals surface area contributed by atoms with Crippen LogP contribution >= 0.6 is 0 Å². The lowest BCUT2D eigenvalue weighted by Gasteiger charge is -2.42. The Bertz CT molecular complexity index is 933. The third kappa shape index (κ3) is 3.55. The van der Waals surface area contributed by atoms with Crippen LogP contribution in [0.15, 0.2) is 78.9 Å². The van der Waals surface area contributed by atoms with Gasteiger partial charge in [-0.05, 0) is 21.5 Å². The number of halogens is 1. The summed E-state index contributed by atoms with van der Waals surface area (Å²) >= 11 is 0. The first-order chi connectivity index (χ1) is 13.3. The van der Waals surface area contributed by atoms with Crippen LogP contribution in [0.1, 0.15) is 20.8 Å². The van der Waals surface area contributed by atoms with Crippen molar-refractivity contribution in [2.45, 2.75) is 25.8 Å². The number of hydrogen-bond donors (Lipinski definition) is 0. The fourth-order valence-corrected chi connectivity index (χ4v) is 7.94. The van der Waals surface area contributed by atoms with E-state index in [0.717, 1.165) is 22.5 Å². The lowest BCUT2D eigenvalue weighted by atomic mass is 10.2. The molecule has 0 heterocycles. The summed E-state index contributed by atoms with van der Waals surface area (Å²) in [5.41, 5.74) is -0.560. The van der Waals surface area contributed by atoms with Gasteiger partial charge in [-0.3, -0.25) is 10.1 Å². The molecule has 0 amide bonds. The lowest BCUT2D eigenvalue weighted by Crippen LogP contribution is -2.68. The first kappa shape index (κ1) is 19.8. The quantitative estimate of drug-likeness (QED) is 0.358. The van der Waals surface area contributed by atoms with E-state index in [2.05, 4.69) is 20.8 Å². The average Bonchev–Trinajstić information content (AvgIpc) is 2.66. The first-order valence-corrected chi connectivity index (χ1v) is 10.9. The van der Waals surface area contributed by atoms with Gasteiger partial charge in [0.1, 0.15) is 5.75 Å². The number of nitro benzene ring substituents is 1. The molecule has 0 aliphatic rings. The van der Waals surface area contributed by atoms with E-state index in [1.807, 2.05) is 60.7 Å². The Hall–Kier alpha value is -2.99. The van der Waals surface area contributed by atoms with Gasteiger partial charge in [-0.25, -0.2) is 0 Å². The van der Waals surface area contributed by atoms with Crippen LogP contribution in [0.4, 0.5) is 10.1 Å². The van der Waals surface area contributed by atoms with Gasteiger partial charge in [0.15, 0.2) is 0 Å². The largest absolute Gasteiger partial charge is 0.534 e. The molecule has 0 atom stereocenters. The number of nitro groups is 1. The van der Waals surface area contributed by atoms with Crippen LogP contribution in [0, 0.1) is 15.9 Å². The summed E-state index contributed by atoms with van der Waals surface area (Å²) < 4.78 is 20.9. The average molecular weight is 396 g/mol. The highest BCUT2D eigenvalue weighted by Gasteiger charge is 2.52. The Kier molecular flexibility index (Phi) is 5.33. The Labute approximate surface area is 164 Å². The molecule has 28 heavy (non-hydrogen) atoms. The minimum atomic E-state index is -2.89. The van der Waals surface area contributed by atoms with Crippen molar-refractivity contribution in [1.82, 2.24) is 0 Å². The second-order valence-electron chi connectivity index (χ2n) is 7.64. The van der Waals surface area contributed by atoms with E-state index in [1.54, 1.807) is 0 Å². The highest BCUT2D eigenvalue weighted by atomic mass is 28.4. The van der Waals surface area contributed by atoms with E-state index in [-0.39, 0.29) is 10.8 Å². The minimum Gasteiger partial charge on any atom is -0.534 e. The van der Waals surface area contributed by atoms with Gasteiger partial charge in [0.25, 0.3) is 0 Å². The summed E-state index contributed by atoms with van der Waals surface area (Å²) in [4.78, 5) is 10.2. The van der Waals surface area contributed by atoms with Gasteiger partial charge in [-0.2, -0.15) is 4.39 Å². The van der Waals surface area contributed by atoms with Gasteiger partial charge in [0, 0.05) is 12.1 Å². The molecule has 0 aromatic heterocycles. The van der Waals surface area contributed by atoms with Crippen molar-refractivity contribution in [1.29, 1.82) is 0 Å². The maximum Gasteiger partial charge on any atom is 0.319 e. The summed E-state index contributed by atoms with van der Waals surface area (Å²) in [6.07, 6.45) is 0. The van der Waals surface area contributed by atoms with Gasteiger partial charge in [0.2, 0.25) is 5.82 Å². The molecule has 4 nitrogen and oxygen atoms in total. The molecule has 0 aliphatic heterocycles. The van der Waals surface area contributed by atoms with Crippen LogP contribution in [0.2, 0.25) is 5.04 Å². The zero-order chi connectivity index (χ0) is 20.4. The van der Waals surface area contributed by atoms with E-state index in [9.17, 15) is 14.5 Å². The standard InChI is InChI=1S/C22H22FNO3Si/c1-22(2,3)28(18-10-6-4-7-11-18,19-12-8-5-9-13-19)27-17-14-15-21(24(25)26)20(23)16-17/h4-16H,1-3H3. The Morgan fingerprint density at radius 3 is 1.79 bits per heavy atom. The monoisotopic (exact) mass is 395 g/mol. The number of benzene rings is 3. The normalized spacial score (nSPS) is 11.9. The van der Waals surface area contributed by atoms with Crippen molar-refractivity contribution in [3.8, 4) is 5.75 Å². The number of rotatable bonds is 5. The lowest BCUT2D eigenvalue weighted by molar-refractivity contribution is -0.387. The summed E-state index contributed by atoms with van der Waals surface area (Å²) in [6.45, 7) is 6.34. The molecule has 0 bridgehead atoms. The molecular formula is C22H22FNO3Si. The highest BCUT2D eigenvalue weighted by Crippen LogP contribution is 2.38. The van der Waals surface area contributed by atoms with Crippen molar-refractivity contribution in [2.75, 3.05) is 0 Å². The van der Waals surface area contributed by atoms with Crippen molar-refractivity contribution in [3.63, 3.8) is 0 Å². The van der Waals surface area contributed by atoms with E-state index in [0.29, 0.717) is 0 Å². The number of nitrogens with zero attached hydrogens (tertiary/aromatic N) is 1. The predicted molar refractivity (Wildman–Crippen MR) is 111 cm³/mol. The topological polar surface area (TPSA) is 52.4 Å². The third-order valence-electron chi connectivity index (χ3n) is 4.80. The zero-order valence-electron chi connectivity index (χ0n) is 16.1. The molecule has 0 saturated carbocycles. The van der Waals surface area contributed by atoms with Crippen molar-refractivity contribution in [2.24, 2.45) is 0 Å². The maximum absolute atomic E-state index is 14.3. The van der Waals surface area contributed by atoms with E-state index in [4.69, 9.17) is 4.43 Å². The molecule has 0 spiro atoms. The molecule has 0 radical (unpaired) electrons. The summed E-state index contributed by atoms with van der Waals surface area (Å²) in [5, 5.41) is 12.8. The molecule has 3 aromatic rings. The Morgan fingerprint density at radius 2 is 1.39 bits per heavy atom. The molecule has 0 unspecified atom stereocenters. The van der Waals surface area contributed by atoms with Gasteiger partial charge in [0.05, 0.1) is 4.92 Å². The Balaban J connectivity index is 2.22. The molecule has 144 valence electrons. The smallest absolute Gasteiger partial charge is 0.319 e. The molecular weight excluding hydrogens is 373 g/mol. The van der Waals surface area contributed by atoms with E-state index < -0.39 is 24.7 Å². The first-order valence-electron chi connectivity index (χ1n) is 9.00. The molecule has 3 aromatic carbocycles. The second-order valence-corrected chi connectivity index (χ2v) is 11.9. The summed E-state index contributed by atoms with van der Waals surface area (Å²) in [5.74, 6) is -0.613. The van der Waals surface area contributed by atoms with Gasteiger partial charge < -0.3 is 4.43 Å². The van der Waals surface area contributed by atoms with Crippen LogP contribution < -0.4 is 14.8 Å². The van der Waals surface area contributed by atoms with Crippen LogP contribution in [0.3, 0.4) is 0 Å². The number of hydrogen-bond acceptors (Lipinski definition) is 3. The third-order valence-corrected chi connectivity index (χ3v) is 9.75. The Morgan fingerprint density at radius 1 is 0.893 bits per heavy atom.